The molecule has 144 valence electrons. The highest BCUT2D eigenvalue weighted by molar-refractivity contribution is 6.06. The number of carbonyl (C=O) groups is 1. The number of nitrogens with zero attached hydrogens (tertiary/aromatic N) is 6. The number of hydrogen-bond acceptors (Lipinski definition) is 6. The van der Waals surface area contributed by atoms with Gasteiger partial charge in [0.05, 0.1) is 12.1 Å². The molecule has 0 saturated carbocycles. The normalized spacial score (nSPS) is 21.1. The van der Waals surface area contributed by atoms with Gasteiger partial charge in [-0.1, -0.05) is 30.4 Å². The lowest BCUT2D eigenvalue weighted by Crippen LogP contribution is -2.44. The molecule has 0 aromatic carbocycles. The predicted octanol–water partition coefficient (Wildman–Crippen LogP) is 3.42. The van der Waals surface area contributed by atoms with Crippen molar-refractivity contribution >= 4 is 11.6 Å². The summed E-state index contributed by atoms with van der Waals surface area (Å²) in [5.41, 5.74) is 9.34. The second kappa shape index (κ2) is 8.45. The SMILES string of the molecule is C=C/C=C(\C(=C)O)C(=O)/C=C/N1C[C@H]2C[C@@H]1CN2c1cccc(CN=[N+]=[N-])n1. The molecule has 8 heteroatoms. The molecule has 0 radical (unpaired) electrons. The van der Waals surface area contributed by atoms with E-state index < -0.39 is 0 Å². The highest BCUT2D eigenvalue weighted by Crippen LogP contribution is 2.34. The lowest BCUT2D eigenvalue weighted by Gasteiger charge is -2.34. The molecule has 0 aliphatic carbocycles. The number of hydrogen-bond donors (Lipinski definition) is 1. The number of aromatic nitrogens is 1. The molecule has 2 atom stereocenters. The Kier molecular flexibility index (Phi) is 5.81. The van der Waals surface area contributed by atoms with Gasteiger partial charge in [-0.25, -0.2) is 4.98 Å². The molecule has 0 unspecified atom stereocenters. The number of ketones is 1. The van der Waals surface area contributed by atoms with Crippen LogP contribution in [0, 0.1) is 0 Å². The summed E-state index contributed by atoms with van der Waals surface area (Å²) in [4.78, 5) is 24.0. The van der Waals surface area contributed by atoms with Crippen LogP contribution < -0.4 is 4.90 Å². The Morgan fingerprint density at radius 1 is 1.43 bits per heavy atom. The molecule has 3 heterocycles. The summed E-state index contributed by atoms with van der Waals surface area (Å²) in [6.07, 6.45) is 7.13. The number of anilines is 1. The summed E-state index contributed by atoms with van der Waals surface area (Å²) < 4.78 is 0. The summed E-state index contributed by atoms with van der Waals surface area (Å²) in [6.45, 7) is 8.79. The molecule has 1 aromatic rings. The third kappa shape index (κ3) is 4.07. The van der Waals surface area contributed by atoms with Gasteiger partial charge < -0.3 is 14.9 Å². The molecule has 1 N–H and O–H groups in total. The maximum absolute atomic E-state index is 12.2. The van der Waals surface area contributed by atoms with Crippen LogP contribution in [-0.2, 0) is 11.3 Å². The molecule has 2 fully saturated rings. The Morgan fingerprint density at radius 3 is 2.89 bits per heavy atom. The molecule has 2 saturated heterocycles. The minimum atomic E-state index is -0.306. The highest BCUT2D eigenvalue weighted by Gasteiger charge is 2.42. The van der Waals surface area contributed by atoms with Crippen molar-refractivity contribution < 1.29 is 9.90 Å². The number of fused-ring (bicyclic) bond motifs is 2. The Hall–Kier alpha value is -3.51. The van der Waals surface area contributed by atoms with Crippen molar-refractivity contribution in [1.29, 1.82) is 0 Å². The maximum atomic E-state index is 12.2. The van der Waals surface area contributed by atoms with E-state index in [0.717, 1.165) is 31.0 Å². The Labute approximate surface area is 163 Å². The molecule has 2 aliphatic heterocycles. The van der Waals surface area contributed by atoms with E-state index in [2.05, 4.69) is 38.0 Å². The third-order valence-electron chi connectivity index (χ3n) is 4.94. The average Bonchev–Trinajstić information content (AvgIpc) is 3.29. The smallest absolute Gasteiger partial charge is 0.190 e. The van der Waals surface area contributed by atoms with Gasteiger partial charge in [0.25, 0.3) is 0 Å². The summed E-state index contributed by atoms with van der Waals surface area (Å²) in [5, 5.41) is 13.1. The molecule has 1 aromatic heterocycles. The van der Waals surface area contributed by atoms with Crippen LogP contribution in [0.25, 0.3) is 10.4 Å². The topological polar surface area (TPSA) is 105 Å². The zero-order chi connectivity index (χ0) is 20.1. The molecule has 3 rings (SSSR count). The number of piperazine rings is 1. The monoisotopic (exact) mass is 378 g/mol. The van der Waals surface area contributed by atoms with E-state index in [1.54, 1.807) is 6.20 Å². The van der Waals surface area contributed by atoms with E-state index in [1.807, 2.05) is 18.2 Å². The van der Waals surface area contributed by atoms with E-state index in [4.69, 9.17) is 5.53 Å². The van der Waals surface area contributed by atoms with E-state index in [0.29, 0.717) is 12.1 Å². The van der Waals surface area contributed by atoms with Crippen molar-refractivity contribution in [2.45, 2.75) is 25.0 Å². The third-order valence-corrected chi connectivity index (χ3v) is 4.94. The molecular formula is C20H22N6O2. The fraction of sp³-hybridized carbons (Fsp3) is 0.300. The molecule has 28 heavy (non-hydrogen) atoms. The molecule has 2 bridgehead atoms. The standard InChI is InChI=1S/C20H22N6O2/c1-3-5-18(14(2)27)19(28)8-9-25-12-17-10-16(25)13-26(17)20-7-4-6-15(23-20)11-22-24-21/h3-9,16-17,27H,1-2,10-13H2/b9-8+,18-5+/t16-,17-/m1/s1. The minimum Gasteiger partial charge on any atom is -0.508 e. The molecule has 0 spiro atoms. The molecule has 2 aliphatic rings. The van der Waals surface area contributed by atoms with Crippen LogP contribution in [0.4, 0.5) is 5.82 Å². The van der Waals surface area contributed by atoms with Crippen molar-refractivity contribution in [2.24, 2.45) is 5.11 Å². The van der Waals surface area contributed by atoms with E-state index in [-0.39, 0.29) is 23.7 Å². The van der Waals surface area contributed by atoms with Crippen LogP contribution in [0.2, 0.25) is 0 Å². The van der Waals surface area contributed by atoms with Crippen molar-refractivity contribution in [1.82, 2.24) is 9.88 Å². The summed E-state index contributed by atoms with van der Waals surface area (Å²) in [7, 11) is 0. The first kappa shape index (κ1) is 19.3. The van der Waals surface area contributed by atoms with Gasteiger partial charge in [-0.2, -0.15) is 0 Å². The second-order valence-corrected chi connectivity index (χ2v) is 6.71. The van der Waals surface area contributed by atoms with Gasteiger partial charge in [-0.05, 0) is 30.2 Å². The van der Waals surface area contributed by atoms with E-state index >= 15 is 0 Å². The number of pyridine rings is 1. The molecule has 8 nitrogen and oxygen atoms in total. The first-order valence-electron chi connectivity index (χ1n) is 8.96. The van der Waals surface area contributed by atoms with Crippen LogP contribution in [0.5, 0.6) is 0 Å². The quantitative estimate of drug-likeness (QED) is 0.186. The minimum absolute atomic E-state index is 0.137. The first-order valence-corrected chi connectivity index (χ1v) is 8.96. The molecular weight excluding hydrogens is 356 g/mol. The predicted molar refractivity (Wildman–Crippen MR) is 108 cm³/mol. The van der Waals surface area contributed by atoms with Gasteiger partial charge >= 0.3 is 0 Å². The summed E-state index contributed by atoms with van der Waals surface area (Å²) in [6, 6.07) is 6.32. The maximum Gasteiger partial charge on any atom is 0.190 e. The van der Waals surface area contributed by atoms with Crippen molar-refractivity contribution in [2.75, 3.05) is 18.0 Å². The van der Waals surface area contributed by atoms with Crippen LogP contribution in [0.15, 0.2) is 72.2 Å². The van der Waals surface area contributed by atoms with Gasteiger partial charge in [0.2, 0.25) is 0 Å². The van der Waals surface area contributed by atoms with Crippen LogP contribution >= 0.6 is 0 Å². The summed E-state index contributed by atoms with van der Waals surface area (Å²) in [5.74, 6) is 0.306. The fourth-order valence-corrected chi connectivity index (χ4v) is 3.67. The van der Waals surface area contributed by atoms with Gasteiger partial charge in [0, 0.05) is 48.1 Å². The van der Waals surface area contributed by atoms with Crippen molar-refractivity contribution in [3.63, 3.8) is 0 Å². The van der Waals surface area contributed by atoms with Crippen LogP contribution in [0.1, 0.15) is 12.1 Å². The second-order valence-electron chi connectivity index (χ2n) is 6.71. The average molecular weight is 378 g/mol. The number of azide groups is 1. The number of carbonyl (C=O) groups excluding carboxylic acids is 1. The van der Waals surface area contributed by atoms with Crippen LogP contribution in [0.3, 0.4) is 0 Å². The van der Waals surface area contributed by atoms with Gasteiger partial charge in [0.15, 0.2) is 5.78 Å². The van der Waals surface area contributed by atoms with E-state index in [9.17, 15) is 9.90 Å². The van der Waals surface area contributed by atoms with E-state index in [1.165, 1.54) is 18.2 Å². The number of likely N-dealkylation sites (tertiary alicyclic amines) is 1. The fourth-order valence-electron chi connectivity index (χ4n) is 3.67. The number of rotatable bonds is 8. The van der Waals surface area contributed by atoms with Gasteiger partial charge in [-0.3, -0.25) is 4.79 Å². The van der Waals surface area contributed by atoms with Crippen LogP contribution in [-0.4, -0.2) is 45.9 Å². The number of aliphatic hydroxyl groups is 1. The lowest BCUT2D eigenvalue weighted by molar-refractivity contribution is -0.111. The van der Waals surface area contributed by atoms with Crippen molar-refractivity contribution in [3.05, 3.63) is 83.3 Å². The Balaban J connectivity index is 1.65. The largest absolute Gasteiger partial charge is 0.508 e. The van der Waals surface area contributed by atoms with Gasteiger partial charge in [0.1, 0.15) is 11.6 Å². The molecule has 0 amide bonds. The Bertz CT molecular complexity index is 900. The zero-order valence-electron chi connectivity index (χ0n) is 15.5. The number of allylic oxidation sites excluding steroid dienone is 4. The summed E-state index contributed by atoms with van der Waals surface area (Å²) >= 11 is 0. The zero-order valence-corrected chi connectivity index (χ0v) is 15.5. The van der Waals surface area contributed by atoms with Gasteiger partial charge in [-0.15, -0.1) is 0 Å². The number of aliphatic hydroxyl groups excluding tert-OH is 1. The lowest BCUT2D eigenvalue weighted by atomic mass is 10.1. The first-order chi connectivity index (χ1) is 13.5. The highest BCUT2D eigenvalue weighted by atomic mass is 16.3. The van der Waals surface area contributed by atoms with Crippen molar-refractivity contribution in [3.8, 4) is 0 Å². The Morgan fingerprint density at radius 2 is 2.25 bits per heavy atom.